The molecule has 1 aromatic carbocycles. The van der Waals surface area contributed by atoms with Crippen molar-refractivity contribution in [2.75, 3.05) is 27.4 Å². The Morgan fingerprint density at radius 2 is 1.95 bits per heavy atom. The molecule has 0 aliphatic rings. The van der Waals surface area contributed by atoms with E-state index in [4.69, 9.17) is 4.74 Å². The second-order valence-corrected chi connectivity index (χ2v) is 4.96. The van der Waals surface area contributed by atoms with E-state index in [-0.39, 0.29) is 12.2 Å². The molecule has 0 saturated carbocycles. The van der Waals surface area contributed by atoms with E-state index in [0.29, 0.717) is 18.7 Å². The van der Waals surface area contributed by atoms with Crippen LogP contribution in [-0.4, -0.2) is 45.2 Å². The van der Waals surface area contributed by atoms with Crippen LogP contribution in [0.1, 0.15) is 27.9 Å². The third kappa shape index (κ3) is 5.28. The molecule has 0 radical (unpaired) electrons. The smallest absolute Gasteiger partial charge is 0.307 e. The quantitative estimate of drug-likeness (QED) is 0.448. The molecule has 5 heteroatoms. The molecule has 0 aliphatic heterocycles. The zero-order valence-corrected chi connectivity index (χ0v) is 13.1. The lowest BCUT2D eigenvalue weighted by atomic mass is 9.96. The van der Waals surface area contributed by atoms with E-state index in [1.165, 1.54) is 7.11 Å². The standard InChI is InChI=1S/C16H23NO4/c1-11-5-6-13(12(2)9-11)16(19)14(10-15(18)21-4)17-7-8-20-3/h5-6,9,14,17H,7-8,10H2,1-4H3. The van der Waals surface area contributed by atoms with Crippen LogP contribution < -0.4 is 5.32 Å². The molecule has 0 heterocycles. The first-order chi connectivity index (χ1) is 9.99. The van der Waals surface area contributed by atoms with E-state index in [1.54, 1.807) is 13.2 Å². The lowest BCUT2D eigenvalue weighted by Crippen LogP contribution is -2.40. The molecule has 0 aliphatic carbocycles. The molecule has 0 saturated heterocycles. The molecule has 1 atom stereocenters. The normalized spacial score (nSPS) is 12.0. The van der Waals surface area contributed by atoms with E-state index >= 15 is 0 Å². The Morgan fingerprint density at radius 3 is 2.52 bits per heavy atom. The average Bonchev–Trinajstić information content (AvgIpc) is 2.45. The van der Waals surface area contributed by atoms with Crippen LogP contribution in [0.5, 0.6) is 0 Å². The third-order valence-corrected chi connectivity index (χ3v) is 3.26. The van der Waals surface area contributed by atoms with E-state index in [9.17, 15) is 9.59 Å². The molecule has 116 valence electrons. The first-order valence-electron chi connectivity index (χ1n) is 6.90. The van der Waals surface area contributed by atoms with Gasteiger partial charge in [-0.25, -0.2) is 0 Å². The summed E-state index contributed by atoms with van der Waals surface area (Å²) < 4.78 is 9.62. The summed E-state index contributed by atoms with van der Waals surface area (Å²) in [6.07, 6.45) is 0.00631. The van der Waals surface area contributed by atoms with E-state index in [2.05, 4.69) is 10.1 Å². The second kappa shape index (κ2) is 8.54. The van der Waals surface area contributed by atoms with Gasteiger partial charge < -0.3 is 14.8 Å². The fourth-order valence-electron chi connectivity index (χ4n) is 2.12. The monoisotopic (exact) mass is 293 g/mol. The van der Waals surface area contributed by atoms with Gasteiger partial charge in [0.05, 0.1) is 26.2 Å². The number of nitrogens with one attached hydrogen (secondary N) is 1. The van der Waals surface area contributed by atoms with Crippen molar-refractivity contribution in [2.24, 2.45) is 0 Å². The molecular weight excluding hydrogens is 270 g/mol. The third-order valence-electron chi connectivity index (χ3n) is 3.26. The summed E-state index contributed by atoms with van der Waals surface area (Å²) in [7, 11) is 2.90. The number of ether oxygens (including phenoxy) is 2. The topological polar surface area (TPSA) is 64.6 Å². The summed E-state index contributed by atoms with van der Waals surface area (Å²) in [5.41, 5.74) is 2.63. The van der Waals surface area contributed by atoms with Crippen molar-refractivity contribution in [3.8, 4) is 0 Å². The van der Waals surface area contributed by atoms with Crippen molar-refractivity contribution in [1.29, 1.82) is 0 Å². The molecule has 0 bridgehead atoms. The zero-order chi connectivity index (χ0) is 15.8. The number of esters is 1. The Balaban J connectivity index is 2.89. The lowest BCUT2D eigenvalue weighted by molar-refractivity contribution is -0.141. The molecule has 0 aromatic heterocycles. The van der Waals surface area contributed by atoms with Crippen LogP contribution in [0.3, 0.4) is 0 Å². The number of aryl methyl sites for hydroxylation is 2. The van der Waals surface area contributed by atoms with Gasteiger partial charge in [0.15, 0.2) is 5.78 Å². The van der Waals surface area contributed by atoms with Crippen molar-refractivity contribution >= 4 is 11.8 Å². The van der Waals surface area contributed by atoms with Crippen molar-refractivity contribution in [3.63, 3.8) is 0 Å². The maximum Gasteiger partial charge on any atom is 0.307 e. The number of Topliss-reactive ketones (excluding diaryl/α,β-unsaturated/α-hetero) is 1. The van der Waals surface area contributed by atoms with Crippen LogP contribution in [0, 0.1) is 13.8 Å². The predicted octanol–water partition coefficient (Wildman–Crippen LogP) is 1.65. The fourth-order valence-corrected chi connectivity index (χ4v) is 2.12. The van der Waals surface area contributed by atoms with Crippen LogP contribution >= 0.6 is 0 Å². The van der Waals surface area contributed by atoms with Crippen LogP contribution in [0.2, 0.25) is 0 Å². The number of rotatable bonds is 8. The van der Waals surface area contributed by atoms with Crippen molar-refractivity contribution in [2.45, 2.75) is 26.3 Å². The fraction of sp³-hybridized carbons (Fsp3) is 0.500. The van der Waals surface area contributed by atoms with Gasteiger partial charge in [-0.15, -0.1) is 0 Å². The minimum atomic E-state index is -0.603. The molecule has 0 spiro atoms. The highest BCUT2D eigenvalue weighted by Gasteiger charge is 2.24. The Kier molecular flexibility index (Phi) is 7.05. The number of hydrogen-bond acceptors (Lipinski definition) is 5. The van der Waals surface area contributed by atoms with Gasteiger partial charge in [0.1, 0.15) is 0 Å². The molecule has 1 aromatic rings. The summed E-state index contributed by atoms with van der Waals surface area (Å²) >= 11 is 0. The highest BCUT2D eigenvalue weighted by molar-refractivity contribution is 6.02. The van der Waals surface area contributed by atoms with Crippen LogP contribution in [-0.2, 0) is 14.3 Å². The van der Waals surface area contributed by atoms with Crippen LogP contribution in [0.4, 0.5) is 0 Å². The Hall–Kier alpha value is -1.72. The summed E-state index contributed by atoms with van der Waals surface area (Å²) in [5.74, 6) is -0.517. The van der Waals surface area contributed by atoms with Crippen molar-refractivity contribution < 1.29 is 19.1 Å². The van der Waals surface area contributed by atoms with E-state index in [0.717, 1.165) is 11.1 Å². The van der Waals surface area contributed by atoms with Gasteiger partial charge in [0.25, 0.3) is 0 Å². The van der Waals surface area contributed by atoms with Gasteiger partial charge in [-0.05, 0) is 19.4 Å². The van der Waals surface area contributed by atoms with Gasteiger partial charge in [0.2, 0.25) is 0 Å². The SMILES string of the molecule is COCCNC(CC(=O)OC)C(=O)c1ccc(C)cc1C. The molecule has 5 nitrogen and oxygen atoms in total. The summed E-state index contributed by atoms with van der Waals surface area (Å²) in [5, 5.41) is 3.05. The number of carbonyl (C=O) groups is 2. The van der Waals surface area contributed by atoms with E-state index in [1.807, 2.05) is 26.0 Å². The molecular formula is C16H23NO4. The molecule has 0 amide bonds. The predicted molar refractivity (Wildman–Crippen MR) is 80.5 cm³/mol. The summed E-state index contributed by atoms with van der Waals surface area (Å²) in [4.78, 5) is 24.1. The minimum Gasteiger partial charge on any atom is -0.469 e. The Labute approximate surface area is 125 Å². The minimum absolute atomic E-state index is 0.00631. The molecule has 1 rings (SSSR count). The second-order valence-electron chi connectivity index (χ2n) is 4.96. The number of ketones is 1. The number of hydrogen-bond donors (Lipinski definition) is 1. The molecule has 1 unspecified atom stereocenters. The first-order valence-corrected chi connectivity index (χ1v) is 6.90. The highest BCUT2D eigenvalue weighted by atomic mass is 16.5. The van der Waals surface area contributed by atoms with Gasteiger partial charge >= 0.3 is 5.97 Å². The molecule has 0 fully saturated rings. The molecule has 21 heavy (non-hydrogen) atoms. The Morgan fingerprint density at radius 1 is 1.24 bits per heavy atom. The van der Waals surface area contributed by atoms with Gasteiger partial charge in [-0.2, -0.15) is 0 Å². The lowest BCUT2D eigenvalue weighted by Gasteiger charge is -2.17. The maximum absolute atomic E-state index is 12.6. The largest absolute Gasteiger partial charge is 0.469 e. The van der Waals surface area contributed by atoms with Gasteiger partial charge in [0, 0.05) is 19.2 Å². The summed E-state index contributed by atoms with van der Waals surface area (Å²) in [6.45, 7) is 4.83. The van der Waals surface area contributed by atoms with Crippen molar-refractivity contribution in [1.82, 2.24) is 5.32 Å². The van der Waals surface area contributed by atoms with Gasteiger partial charge in [-0.3, -0.25) is 9.59 Å². The Bertz CT molecular complexity index is 499. The van der Waals surface area contributed by atoms with Gasteiger partial charge in [-0.1, -0.05) is 23.8 Å². The maximum atomic E-state index is 12.6. The van der Waals surface area contributed by atoms with Crippen molar-refractivity contribution in [3.05, 3.63) is 34.9 Å². The number of benzene rings is 1. The zero-order valence-electron chi connectivity index (χ0n) is 13.1. The molecule has 1 N–H and O–H groups in total. The highest BCUT2D eigenvalue weighted by Crippen LogP contribution is 2.14. The van der Waals surface area contributed by atoms with Crippen LogP contribution in [0.15, 0.2) is 18.2 Å². The summed E-state index contributed by atoms with van der Waals surface area (Å²) in [6, 6.07) is 5.05. The number of carbonyl (C=O) groups excluding carboxylic acids is 2. The van der Waals surface area contributed by atoms with E-state index < -0.39 is 12.0 Å². The first kappa shape index (κ1) is 17.3. The average molecular weight is 293 g/mol. The number of methoxy groups -OCH3 is 2. The van der Waals surface area contributed by atoms with Crippen LogP contribution in [0.25, 0.3) is 0 Å².